The predicted octanol–water partition coefficient (Wildman–Crippen LogP) is 1.05. The molecule has 15 heavy (non-hydrogen) atoms. The molecule has 0 aromatic rings. The standard InChI is InChI=1S/C12H24N2O/c1-13-7-4-12(5-8-13)15-10-11-3-6-14(2)9-11/h11-12H,3-10H2,1-2H3. The SMILES string of the molecule is CN1CCC(OCC2CCN(C)C2)CC1. The van der Waals surface area contributed by atoms with Crippen molar-refractivity contribution < 1.29 is 4.74 Å². The van der Waals surface area contributed by atoms with Crippen LogP contribution in [0.3, 0.4) is 0 Å². The summed E-state index contributed by atoms with van der Waals surface area (Å²) in [5.41, 5.74) is 0. The van der Waals surface area contributed by atoms with Crippen molar-refractivity contribution in [2.45, 2.75) is 25.4 Å². The first kappa shape index (κ1) is 11.4. The third kappa shape index (κ3) is 3.44. The Morgan fingerprint density at radius 2 is 1.67 bits per heavy atom. The highest BCUT2D eigenvalue weighted by molar-refractivity contribution is 4.75. The van der Waals surface area contributed by atoms with Gasteiger partial charge in [-0.25, -0.2) is 0 Å². The molecule has 2 aliphatic rings. The van der Waals surface area contributed by atoms with Crippen molar-refractivity contribution >= 4 is 0 Å². The van der Waals surface area contributed by atoms with Crippen LogP contribution in [0.4, 0.5) is 0 Å². The quantitative estimate of drug-likeness (QED) is 0.695. The van der Waals surface area contributed by atoms with Gasteiger partial charge in [-0.3, -0.25) is 0 Å². The molecule has 0 saturated carbocycles. The second-order valence-electron chi connectivity index (χ2n) is 5.25. The normalized spacial score (nSPS) is 31.2. The van der Waals surface area contributed by atoms with Gasteiger partial charge in [0, 0.05) is 19.6 Å². The van der Waals surface area contributed by atoms with E-state index in [0.717, 1.165) is 12.5 Å². The second kappa shape index (κ2) is 5.28. The van der Waals surface area contributed by atoms with Crippen molar-refractivity contribution in [3.05, 3.63) is 0 Å². The predicted molar refractivity (Wildman–Crippen MR) is 62.1 cm³/mol. The number of likely N-dealkylation sites (tertiary alicyclic amines) is 2. The van der Waals surface area contributed by atoms with Crippen molar-refractivity contribution in [2.75, 3.05) is 46.9 Å². The highest BCUT2D eigenvalue weighted by Gasteiger charge is 2.22. The number of hydrogen-bond acceptors (Lipinski definition) is 3. The molecular formula is C12H24N2O. The van der Waals surface area contributed by atoms with E-state index in [4.69, 9.17) is 4.74 Å². The molecule has 0 amide bonds. The van der Waals surface area contributed by atoms with Gasteiger partial charge in [-0.15, -0.1) is 0 Å². The maximum absolute atomic E-state index is 6.01. The molecule has 0 radical (unpaired) electrons. The summed E-state index contributed by atoms with van der Waals surface area (Å²) in [4.78, 5) is 4.80. The lowest BCUT2D eigenvalue weighted by Gasteiger charge is -2.29. The van der Waals surface area contributed by atoms with Gasteiger partial charge in [-0.05, 0) is 45.8 Å². The summed E-state index contributed by atoms with van der Waals surface area (Å²) in [7, 11) is 4.40. The van der Waals surface area contributed by atoms with Gasteiger partial charge in [-0.2, -0.15) is 0 Å². The van der Waals surface area contributed by atoms with Crippen LogP contribution in [0.2, 0.25) is 0 Å². The number of ether oxygens (including phenoxy) is 1. The van der Waals surface area contributed by atoms with E-state index in [1.807, 2.05) is 0 Å². The minimum absolute atomic E-state index is 0.534. The average Bonchev–Trinajstić information content (AvgIpc) is 2.64. The van der Waals surface area contributed by atoms with Gasteiger partial charge < -0.3 is 14.5 Å². The third-order valence-electron chi connectivity index (χ3n) is 3.72. The largest absolute Gasteiger partial charge is 0.378 e. The van der Waals surface area contributed by atoms with Crippen LogP contribution in [0.15, 0.2) is 0 Å². The van der Waals surface area contributed by atoms with Gasteiger partial charge in [0.15, 0.2) is 0 Å². The molecule has 1 atom stereocenters. The van der Waals surface area contributed by atoms with E-state index in [0.29, 0.717) is 6.10 Å². The molecule has 2 aliphatic heterocycles. The molecule has 0 spiro atoms. The molecule has 2 rings (SSSR count). The van der Waals surface area contributed by atoms with Gasteiger partial charge in [-0.1, -0.05) is 0 Å². The molecule has 2 heterocycles. The van der Waals surface area contributed by atoms with E-state index < -0.39 is 0 Å². The Balaban J connectivity index is 1.61. The zero-order chi connectivity index (χ0) is 10.7. The average molecular weight is 212 g/mol. The van der Waals surface area contributed by atoms with Crippen molar-refractivity contribution in [3.8, 4) is 0 Å². The maximum Gasteiger partial charge on any atom is 0.0599 e. The molecule has 3 heteroatoms. The van der Waals surface area contributed by atoms with Gasteiger partial charge in [0.25, 0.3) is 0 Å². The van der Waals surface area contributed by atoms with E-state index >= 15 is 0 Å². The van der Waals surface area contributed by atoms with Crippen molar-refractivity contribution in [2.24, 2.45) is 5.92 Å². The molecule has 0 N–H and O–H groups in total. The van der Waals surface area contributed by atoms with Crippen molar-refractivity contribution in [1.82, 2.24) is 9.80 Å². The van der Waals surface area contributed by atoms with Crippen LogP contribution in [-0.4, -0.2) is 62.8 Å². The van der Waals surface area contributed by atoms with Crippen LogP contribution in [0.25, 0.3) is 0 Å². The zero-order valence-corrected chi connectivity index (χ0v) is 10.1. The topological polar surface area (TPSA) is 15.7 Å². The van der Waals surface area contributed by atoms with Crippen LogP contribution in [0.5, 0.6) is 0 Å². The van der Waals surface area contributed by atoms with E-state index in [1.54, 1.807) is 0 Å². The summed E-state index contributed by atoms with van der Waals surface area (Å²) in [6, 6.07) is 0. The van der Waals surface area contributed by atoms with E-state index in [-0.39, 0.29) is 0 Å². The lowest BCUT2D eigenvalue weighted by molar-refractivity contribution is -0.00344. The smallest absolute Gasteiger partial charge is 0.0599 e. The first-order valence-corrected chi connectivity index (χ1v) is 6.22. The maximum atomic E-state index is 6.01. The minimum atomic E-state index is 0.534. The highest BCUT2D eigenvalue weighted by Crippen LogP contribution is 2.18. The van der Waals surface area contributed by atoms with E-state index in [9.17, 15) is 0 Å². The van der Waals surface area contributed by atoms with Crippen LogP contribution in [0.1, 0.15) is 19.3 Å². The van der Waals surface area contributed by atoms with Gasteiger partial charge in [0.05, 0.1) is 12.7 Å². The Labute approximate surface area is 93.4 Å². The molecule has 0 aromatic heterocycles. The van der Waals surface area contributed by atoms with Crippen LogP contribution < -0.4 is 0 Å². The summed E-state index contributed by atoms with van der Waals surface area (Å²) in [5, 5.41) is 0. The van der Waals surface area contributed by atoms with E-state index in [2.05, 4.69) is 23.9 Å². The summed E-state index contributed by atoms with van der Waals surface area (Å²) >= 11 is 0. The van der Waals surface area contributed by atoms with Crippen LogP contribution in [0, 0.1) is 5.92 Å². The Hall–Kier alpha value is -0.120. The number of rotatable bonds is 3. The van der Waals surface area contributed by atoms with Crippen molar-refractivity contribution in [3.63, 3.8) is 0 Å². The summed E-state index contributed by atoms with van der Waals surface area (Å²) in [5.74, 6) is 0.787. The Bertz CT molecular complexity index is 190. The summed E-state index contributed by atoms with van der Waals surface area (Å²) in [6.07, 6.45) is 4.30. The lowest BCUT2D eigenvalue weighted by Crippen LogP contribution is -2.35. The fourth-order valence-corrected chi connectivity index (χ4v) is 2.59. The minimum Gasteiger partial charge on any atom is -0.378 e. The number of piperidine rings is 1. The zero-order valence-electron chi connectivity index (χ0n) is 10.1. The second-order valence-corrected chi connectivity index (χ2v) is 5.25. The Kier molecular flexibility index (Phi) is 4.00. The monoisotopic (exact) mass is 212 g/mol. The molecule has 0 aliphatic carbocycles. The van der Waals surface area contributed by atoms with Crippen molar-refractivity contribution in [1.29, 1.82) is 0 Å². The molecule has 1 unspecified atom stereocenters. The first-order chi connectivity index (χ1) is 7.24. The van der Waals surface area contributed by atoms with Gasteiger partial charge >= 0.3 is 0 Å². The number of hydrogen-bond donors (Lipinski definition) is 0. The summed E-state index contributed by atoms with van der Waals surface area (Å²) in [6.45, 7) is 5.87. The van der Waals surface area contributed by atoms with E-state index in [1.165, 1.54) is 45.4 Å². The molecule has 0 bridgehead atoms. The highest BCUT2D eigenvalue weighted by atomic mass is 16.5. The molecular weight excluding hydrogens is 188 g/mol. The van der Waals surface area contributed by atoms with Gasteiger partial charge in [0.1, 0.15) is 0 Å². The summed E-state index contributed by atoms with van der Waals surface area (Å²) < 4.78 is 6.01. The molecule has 88 valence electrons. The van der Waals surface area contributed by atoms with Gasteiger partial charge in [0.2, 0.25) is 0 Å². The Morgan fingerprint density at radius 1 is 1.00 bits per heavy atom. The van der Waals surface area contributed by atoms with Crippen LogP contribution >= 0.6 is 0 Å². The number of nitrogens with zero attached hydrogens (tertiary/aromatic N) is 2. The fraction of sp³-hybridized carbons (Fsp3) is 1.00. The fourth-order valence-electron chi connectivity index (χ4n) is 2.59. The molecule has 2 saturated heterocycles. The lowest BCUT2D eigenvalue weighted by atomic mass is 10.1. The first-order valence-electron chi connectivity index (χ1n) is 6.22. The Morgan fingerprint density at radius 3 is 2.27 bits per heavy atom. The molecule has 2 fully saturated rings. The molecule has 0 aromatic carbocycles. The third-order valence-corrected chi connectivity index (χ3v) is 3.72. The van der Waals surface area contributed by atoms with Crippen LogP contribution in [-0.2, 0) is 4.74 Å². The molecule has 3 nitrogen and oxygen atoms in total.